The third-order valence-corrected chi connectivity index (χ3v) is 4.60. The van der Waals surface area contributed by atoms with Crippen LogP contribution in [0.15, 0.2) is 54.9 Å². The predicted molar refractivity (Wildman–Crippen MR) is 122 cm³/mol. The fourth-order valence-electron chi connectivity index (χ4n) is 3.02. The number of ether oxygens (including phenoxy) is 3. The molecule has 0 spiro atoms. The molecular weight excluding hydrogens is 426 g/mol. The van der Waals surface area contributed by atoms with Gasteiger partial charge >= 0.3 is 5.97 Å². The smallest absolute Gasteiger partial charge is 0.338 e. The summed E-state index contributed by atoms with van der Waals surface area (Å²) in [5.41, 5.74) is 1.67. The molecule has 2 N–H and O–H groups in total. The van der Waals surface area contributed by atoms with Crippen LogP contribution in [-0.4, -0.2) is 40.0 Å². The lowest BCUT2D eigenvalue weighted by molar-refractivity contribution is -0.116. The number of aromatic carboxylic acids is 1. The summed E-state index contributed by atoms with van der Waals surface area (Å²) in [7, 11) is 0. The van der Waals surface area contributed by atoms with Gasteiger partial charge in [0.15, 0.2) is 11.5 Å². The summed E-state index contributed by atoms with van der Waals surface area (Å²) in [5.74, 6) is 0.808. The van der Waals surface area contributed by atoms with E-state index in [0.29, 0.717) is 42.8 Å². The Hall–Kier alpha value is -4.01. The van der Waals surface area contributed by atoms with Gasteiger partial charge in [-0.25, -0.2) is 4.79 Å². The summed E-state index contributed by atoms with van der Waals surface area (Å²) in [6, 6.07) is 12.8. The number of aryl methyl sites for hydroxylation is 1. The van der Waals surface area contributed by atoms with Crippen molar-refractivity contribution in [3.8, 4) is 17.2 Å². The molecule has 0 saturated heterocycles. The Morgan fingerprint density at radius 1 is 1.00 bits per heavy atom. The molecule has 0 aliphatic carbocycles. The number of anilines is 1. The van der Waals surface area contributed by atoms with E-state index in [2.05, 4.69) is 10.4 Å². The second-order valence-corrected chi connectivity index (χ2v) is 7.06. The molecule has 3 rings (SSSR count). The van der Waals surface area contributed by atoms with Crippen molar-refractivity contribution in [3.05, 3.63) is 66.0 Å². The molecule has 0 unspecified atom stereocenters. The lowest BCUT2D eigenvalue weighted by Gasteiger charge is -2.13. The highest BCUT2D eigenvalue weighted by atomic mass is 16.5. The number of nitrogens with zero attached hydrogens (tertiary/aromatic N) is 2. The van der Waals surface area contributed by atoms with Crippen LogP contribution >= 0.6 is 0 Å². The van der Waals surface area contributed by atoms with Gasteiger partial charge in [-0.1, -0.05) is 6.07 Å². The summed E-state index contributed by atoms with van der Waals surface area (Å²) in [5, 5.41) is 15.6. The van der Waals surface area contributed by atoms with Gasteiger partial charge in [0, 0.05) is 24.8 Å². The average molecular weight is 453 g/mol. The monoisotopic (exact) mass is 453 g/mol. The van der Waals surface area contributed by atoms with Crippen molar-refractivity contribution < 1.29 is 28.9 Å². The van der Waals surface area contributed by atoms with E-state index in [0.717, 1.165) is 5.56 Å². The van der Waals surface area contributed by atoms with Crippen molar-refractivity contribution in [3.63, 3.8) is 0 Å². The van der Waals surface area contributed by atoms with Crippen LogP contribution in [0.3, 0.4) is 0 Å². The first-order chi connectivity index (χ1) is 16.0. The molecule has 2 aromatic carbocycles. The van der Waals surface area contributed by atoms with Crippen molar-refractivity contribution in [2.45, 2.75) is 33.4 Å². The average Bonchev–Trinajstić information content (AvgIpc) is 3.29. The van der Waals surface area contributed by atoms with Crippen molar-refractivity contribution in [1.82, 2.24) is 9.78 Å². The van der Waals surface area contributed by atoms with E-state index in [4.69, 9.17) is 19.3 Å². The van der Waals surface area contributed by atoms with Gasteiger partial charge in [-0.2, -0.15) is 5.10 Å². The van der Waals surface area contributed by atoms with Crippen LogP contribution in [0.2, 0.25) is 0 Å². The Morgan fingerprint density at radius 2 is 1.73 bits per heavy atom. The molecule has 0 saturated carbocycles. The number of aromatic nitrogens is 2. The number of amides is 1. The first-order valence-electron chi connectivity index (χ1n) is 10.7. The van der Waals surface area contributed by atoms with E-state index in [1.165, 1.54) is 17.1 Å². The maximum Gasteiger partial charge on any atom is 0.338 e. The summed E-state index contributed by atoms with van der Waals surface area (Å²) in [6.07, 6.45) is 2.81. The number of carboxylic acid groups (broad SMARTS) is 1. The molecular formula is C24H27N3O6. The molecule has 1 amide bonds. The molecule has 0 atom stereocenters. The Balaban J connectivity index is 1.49. The molecule has 0 aliphatic heterocycles. The maximum atomic E-state index is 12.2. The van der Waals surface area contributed by atoms with E-state index in [9.17, 15) is 9.59 Å². The minimum Gasteiger partial charge on any atom is -0.490 e. The molecule has 9 heteroatoms. The van der Waals surface area contributed by atoms with Crippen molar-refractivity contribution >= 4 is 17.6 Å². The van der Waals surface area contributed by atoms with E-state index < -0.39 is 5.97 Å². The van der Waals surface area contributed by atoms with Crippen LogP contribution < -0.4 is 19.5 Å². The van der Waals surface area contributed by atoms with Crippen LogP contribution in [0, 0.1) is 0 Å². The van der Waals surface area contributed by atoms with E-state index >= 15 is 0 Å². The lowest BCUT2D eigenvalue weighted by Crippen LogP contribution is -2.14. The van der Waals surface area contributed by atoms with Gasteiger partial charge in [0.05, 0.1) is 25.0 Å². The van der Waals surface area contributed by atoms with Crippen molar-refractivity contribution in [1.29, 1.82) is 0 Å². The fourth-order valence-corrected chi connectivity index (χ4v) is 3.02. The summed E-state index contributed by atoms with van der Waals surface area (Å²) in [4.78, 5) is 23.0. The maximum absolute atomic E-state index is 12.2. The number of rotatable bonds is 12. The largest absolute Gasteiger partial charge is 0.490 e. The van der Waals surface area contributed by atoms with Gasteiger partial charge in [-0.05, 0) is 55.8 Å². The number of carboxylic acids is 1. The summed E-state index contributed by atoms with van der Waals surface area (Å²) < 4.78 is 18.5. The highest BCUT2D eigenvalue weighted by Gasteiger charge is 2.09. The Kier molecular flexibility index (Phi) is 8.29. The Morgan fingerprint density at radius 3 is 2.39 bits per heavy atom. The molecule has 174 valence electrons. The standard InChI is InChI=1S/C24H27N3O6/c1-3-31-21-10-5-17(13-22(21)32-4-2)16-33-20-8-6-19(7-9-20)26-23(28)11-12-27-15-18(14-25-27)24(29)30/h5-10,13-15H,3-4,11-12,16H2,1-2H3,(H,26,28)(H,29,30). The third-order valence-electron chi connectivity index (χ3n) is 4.60. The summed E-state index contributed by atoms with van der Waals surface area (Å²) in [6.45, 7) is 5.60. The minimum atomic E-state index is -1.05. The topological polar surface area (TPSA) is 112 Å². The van der Waals surface area contributed by atoms with E-state index in [1.54, 1.807) is 24.3 Å². The second-order valence-electron chi connectivity index (χ2n) is 7.06. The van der Waals surface area contributed by atoms with E-state index in [1.807, 2.05) is 32.0 Å². The number of hydrogen-bond acceptors (Lipinski definition) is 6. The normalized spacial score (nSPS) is 10.5. The van der Waals surface area contributed by atoms with Crippen LogP contribution in [-0.2, 0) is 17.9 Å². The molecule has 3 aromatic rings. The van der Waals surface area contributed by atoms with Gasteiger partial charge in [0.2, 0.25) is 5.91 Å². The zero-order chi connectivity index (χ0) is 23.6. The van der Waals surface area contributed by atoms with Crippen LogP contribution in [0.25, 0.3) is 0 Å². The van der Waals surface area contributed by atoms with Crippen LogP contribution in [0.5, 0.6) is 17.2 Å². The zero-order valence-corrected chi connectivity index (χ0v) is 18.6. The molecule has 1 heterocycles. The molecule has 9 nitrogen and oxygen atoms in total. The zero-order valence-electron chi connectivity index (χ0n) is 18.6. The number of carbonyl (C=O) groups is 2. The second kappa shape index (κ2) is 11.6. The molecule has 0 bridgehead atoms. The Bertz CT molecular complexity index is 1080. The highest BCUT2D eigenvalue weighted by Crippen LogP contribution is 2.29. The molecule has 0 radical (unpaired) electrons. The van der Waals surface area contributed by atoms with Crippen molar-refractivity contribution in [2.75, 3.05) is 18.5 Å². The van der Waals surface area contributed by atoms with Gasteiger partial charge in [0.25, 0.3) is 0 Å². The summed E-state index contributed by atoms with van der Waals surface area (Å²) >= 11 is 0. The minimum absolute atomic E-state index is 0.0883. The number of benzene rings is 2. The SMILES string of the molecule is CCOc1ccc(COc2ccc(NC(=O)CCn3cc(C(=O)O)cn3)cc2)cc1OCC. The Labute approximate surface area is 191 Å². The molecule has 0 aliphatic rings. The van der Waals surface area contributed by atoms with Gasteiger partial charge in [0.1, 0.15) is 12.4 Å². The van der Waals surface area contributed by atoms with Crippen molar-refractivity contribution in [2.24, 2.45) is 0 Å². The number of carbonyl (C=O) groups excluding carboxylic acids is 1. The molecule has 0 fully saturated rings. The van der Waals surface area contributed by atoms with Crippen LogP contribution in [0.4, 0.5) is 5.69 Å². The molecule has 33 heavy (non-hydrogen) atoms. The quantitative estimate of drug-likeness (QED) is 0.426. The van der Waals surface area contributed by atoms with Gasteiger partial charge in [-0.15, -0.1) is 0 Å². The number of hydrogen-bond donors (Lipinski definition) is 2. The van der Waals surface area contributed by atoms with E-state index in [-0.39, 0.29) is 24.4 Å². The highest BCUT2D eigenvalue weighted by molar-refractivity contribution is 5.90. The third kappa shape index (κ3) is 6.99. The lowest BCUT2D eigenvalue weighted by atomic mass is 10.2. The molecule has 1 aromatic heterocycles. The van der Waals surface area contributed by atoms with Gasteiger partial charge < -0.3 is 24.6 Å². The first kappa shape index (κ1) is 23.6. The fraction of sp³-hybridized carbons (Fsp3) is 0.292. The predicted octanol–water partition coefficient (Wildman–Crippen LogP) is 3.99. The number of nitrogens with one attached hydrogen (secondary N) is 1. The van der Waals surface area contributed by atoms with Gasteiger partial charge in [-0.3, -0.25) is 9.48 Å². The first-order valence-corrected chi connectivity index (χ1v) is 10.7. The van der Waals surface area contributed by atoms with Crippen LogP contribution in [0.1, 0.15) is 36.2 Å².